The monoisotopic (exact) mass is 583 g/mol. The number of fused-ring (bicyclic) bond motifs is 2. The lowest BCUT2D eigenvalue weighted by molar-refractivity contribution is -0.169. The molecule has 7 nitrogen and oxygen atoms in total. The van der Waals surface area contributed by atoms with Crippen LogP contribution in [0.1, 0.15) is 5.56 Å². The van der Waals surface area contributed by atoms with Crippen molar-refractivity contribution in [2.75, 3.05) is 23.9 Å². The number of nitrogens with zero attached hydrogens (tertiary/aromatic N) is 2. The predicted molar refractivity (Wildman–Crippen MR) is 129 cm³/mol. The second-order valence-corrected chi connectivity index (χ2v) is 10.2. The van der Waals surface area contributed by atoms with E-state index in [1.807, 2.05) is 0 Å². The fourth-order valence-corrected chi connectivity index (χ4v) is 6.14. The van der Waals surface area contributed by atoms with Gasteiger partial charge in [0.1, 0.15) is 17.5 Å². The van der Waals surface area contributed by atoms with E-state index in [2.05, 4.69) is 5.32 Å². The summed E-state index contributed by atoms with van der Waals surface area (Å²) in [5.41, 5.74) is -2.62. The summed E-state index contributed by atoms with van der Waals surface area (Å²) in [4.78, 5) is 41.5. The highest BCUT2D eigenvalue weighted by Crippen LogP contribution is 2.56. The minimum atomic E-state index is -5.12. The number of carboxylic acid groups (broad SMARTS) is 1. The van der Waals surface area contributed by atoms with Crippen LogP contribution in [0, 0.1) is 11.8 Å². The first kappa shape index (κ1) is 26.8. The molecule has 2 aromatic rings. The third kappa shape index (κ3) is 3.99. The van der Waals surface area contributed by atoms with E-state index >= 15 is 0 Å². The Morgan fingerprint density at radius 1 is 1.06 bits per heavy atom. The van der Waals surface area contributed by atoms with E-state index in [-0.39, 0.29) is 37.0 Å². The van der Waals surface area contributed by atoms with Crippen LogP contribution in [-0.4, -0.2) is 49.2 Å². The summed E-state index contributed by atoms with van der Waals surface area (Å²) in [6.45, 7) is 0. The first-order chi connectivity index (χ1) is 16.6. The Labute approximate surface area is 222 Å². The lowest BCUT2D eigenvalue weighted by Gasteiger charge is -2.30. The van der Waals surface area contributed by atoms with Crippen LogP contribution in [0.2, 0.25) is 20.1 Å². The molecule has 2 N–H and O–H groups in total. The zero-order chi connectivity index (χ0) is 26.9. The normalized spacial score (nSPS) is 25.4. The Bertz CT molecular complexity index is 1290. The summed E-state index contributed by atoms with van der Waals surface area (Å²) in [6.07, 6.45) is -5.12. The number of carbonyl (C=O) groups is 3. The number of amides is 2. The summed E-state index contributed by atoms with van der Waals surface area (Å²) < 4.78 is 43.1. The number of rotatable bonds is 3. The Hall–Kier alpha value is -2.24. The maximum absolute atomic E-state index is 14.4. The predicted octanol–water partition coefficient (Wildman–Crippen LogP) is 4.99. The summed E-state index contributed by atoms with van der Waals surface area (Å²) in [7, 11) is 2.40. The summed E-state index contributed by atoms with van der Waals surface area (Å²) in [5.74, 6) is -8.47. The highest BCUT2D eigenvalue weighted by atomic mass is 35.5. The SMILES string of the molecule is CN(C(=O)[C@@H]1C(C(=O)O)C2(N[C@@H]1C(F)(F)F)C(=O)N(C)c1c(Cl)cc(Cl)cc12)c1cc(Cl)cc(Cl)c1. The van der Waals surface area contributed by atoms with Crippen molar-refractivity contribution in [3.05, 3.63) is 56.0 Å². The van der Waals surface area contributed by atoms with Gasteiger partial charge in [-0.2, -0.15) is 13.2 Å². The van der Waals surface area contributed by atoms with Crippen LogP contribution in [0.15, 0.2) is 30.3 Å². The molecule has 2 aliphatic heterocycles. The average molecular weight is 585 g/mol. The number of hydrogen-bond acceptors (Lipinski definition) is 4. The third-order valence-electron chi connectivity index (χ3n) is 6.47. The van der Waals surface area contributed by atoms with Crippen molar-refractivity contribution in [2.45, 2.75) is 17.8 Å². The van der Waals surface area contributed by atoms with Gasteiger partial charge in [0, 0.05) is 40.4 Å². The number of alkyl halides is 3. The van der Waals surface area contributed by atoms with E-state index in [0.717, 1.165) is 16.8 Å². The molecule has 4 rings (SSSR count). The molecule has 2 heterocycles. The van der Waals surface area contributed by atoms with Crippen molar-refractivity contribution in [1.29, 1.82) is 0 Å². The standard InChI is InChI=1S/C22H16Cl4F3N3O4/c1-31(11-4-8(23)3-9(24)5-11)18(33)14-15(19(34)35)21(30-17(14)22(27,28)29)12-6-10(25)7-13(26)16(12)32(2)20(21)36/h3-7,14-15,17,30H,1-2H3,(H,34,35)/t14-,15?,17+,21?/m1/s1. The molecule has 4 atom stereocenters. The van der Waals surface area contributed by atoms with Gasteiger partial charge in [0.15, 0.2) is 0 Å². The van der Waals surface area contributed by atoms with Crippen molar-refractivity contribution < 1.29 is 32.7 Å². The molecule has 1 fully saturated rings. The summed E-state index contributed by atoms with van der Waals surface area (Å²) in [6, 6.07) is 3.66. The van der Waals surface area contributed by atoms with Crippen LogP contribution in [0.25, 0.3) is 0 Å². The van der Waals surface area contributed by atoms with E-state index in [1.54, 1.807) is 0 Å². The molecule has 2 amide bonds. The van der Waals surface area contributed by atoms with Crippen LogP contribution >= 0.6 is 46.4 Å². The first-order valence-corrected chi connectivity index (χ1v) is 11.7. The van der Waals surface area contributed by atoms with E-state index < -0.39 is 47.4 Å². The molecule has 2 unspecified atom stereocenters. The van der Waals surface area contributed by atoms with Crippen molar-refractivity contribution in [2.24, 2.45) is 11.8 Å². The fourth-order valence-electron chi connectivity index (χ4n) is 5.01. The quantitative estimate of drug-likeness (QED) is 0.531. The Morgan fingerprint density at radius 2 is 1.61 bits per heavy atom. The van der Waals surface area contributed by atoms with Gasteiger partial charge < -0.3 is 14.9 Å². The average Bonchev–Trinajstić information content (AvgIpc) is 3.22. The largest absolute Gasteiger partial charge is 0.481 e. The lowest BCUT2D eigenvalue weighted by Crippen LogP contribution is -2.54. The summed E-state index contributed by atoms with van der Waals surface area (Å²) in [5, 5.41) is 12.5. The number of benzene rings is 2. The maximum atomic E-state index is 14.4. The van der Waals surface area contributed by atoms with Gasteiger partial charge in [-0.15, -0.1) is 0 Å². The van der Waals surface area contributed by atoms with Gasteiger partial charge in [0.2, 0.25) is 5.91 Å². The van der Waals surface area contributed by atoms with Crippen LogP contribution in [0.3, 0.4) is 0 Å². The van der Waals surface area contributed by atoms with Gasteiger partial charge in [-0.3, -0.25) is 19.7 Å². The number of likely N-dealkylation sites (N-methyl/N-ethyl adjacent to an activating group) is 1. The Kier molecular flexibility index (Phi) is 6.67. The number of hydrogen-bond donors (Lipinski definition) is 2. The highest BCUT2D eigenvalue weighted by Gasteiger charge is 2.72. The molecule has 0 saturated carbocycles. The molecule has 1 saturated heterocycles. The molecule has 0 aromatic heterocycles. The van der Waals surface area contributed by atoms with Gasteiger partial charge in [-0.25, -0.2) is 0 Å². The molecule has 192 valence electrons. The summed E-state index contributed by atoms with van der Waals surface area (Å²) >= 11 is 24.3. The number of anilines is 2. The molecule has 2 aromatic carbocycles. The van der Waals surface area contributed by atoms with Crippen molar-refractivity contribution in [1.82, 2.24) is 5.32 Å². The second-order valence-electron chi connectivity index (χ2n) is 8.49. The minimum Gasteiger partial charge on any atom is -0.481 e. The van der Waals surface area contributed by atoms with E-state index in [4.69, 9.17) is 46.4 Å². The number of nitrogens with one attached hydrogen (secondary N) is 1. The molecular formula is C22H16Cl4F3N3O4. The lowest BCUT2D eigenvalue weighted by atomic mass is 9.74. The zero-order valence-corrected chi connectivity index (χ0v) is 21.4. The smallest absolute Gasteiger partial charge is 0.404 e. The van der Waals surface area contributed by atoms with Crippen LogP contribution in [-0.2, 0) is 19.9 Å². The molecule has 0 bridgehead atoms. The molecule has 0 radical (unpaired) electrons. The Morgan fingerprint density at radius 3 is 2.14 bits per heavy atom. The highest BCUT2D eigenvalue weighted by molar-refractivity contribution is 6.38. The van der Waals surface area contributed by atoms with Crippen molar-refractivity contribution >= 4 is 75.6 Å². The fraction of sp³-hybridized carbons (Fsp3) is 0.318. The zero-order valence-electron chi connectivity index (χ0n) is 18.3. The Balaban J connectivity index is 1.94. The van der Waals surface area contributed by atoms with E-state index in [0.29, 0.717) is 0 Å². The van der Waals surface area contributed by atoms with Gasteiger partial charge in [-0.05, 0) is 30.3 Å². The maximum Gasteiger partial charge on any atom is 0.404 e. The molecule has 36 heavy (non-hydrogen) atoms. The van der Waals surface area contributed by atoms with Gasteiger partial charge in [0.05, 0.1) is 16.6 Å². The van der Waals surface area contributed by atoms with E-state index in [9.17, 15) is 32.7 Å². The van der Waals surface area contributed by atoms with Crippen molar-refractivity contribution in [3.8, 4) is 0 Å². The number of halogens is 7. The topological polar surface area (TPSA) is 90.0 Å². The number of carboxylic acids is 1. The minimum absolute atomic E-state index is 0.00572. The number of carbonyl (C=O) groups excluding carboxylic acids is 2. The van der Waals surface area contributed by atoms with Gasteiger partial charge in [-0.1, -0.05) is 46.4 Å². The second kappa shape index (κ2) is 8.95. The van der Waals surface area contributed by atoms with Crippen LogP contribution < -0.4 is 15.1 Å². The first-order valence-electron chi connectivity index (χ1n) is 10.2. The van der Waals surface area contributed by atoms with Crippen LogP contribution in [0.4, 0.5) is 24.5 Å². The van der Waals surface area contributed by atoms with Crippen molar-refractivity contribution in [3.63, 3.8) is 0 Å². The van der Waals surface area contributed by atoms with Gasteiger partial charge >= 0.3 is 12.1 Å². The number of aliphatic carboxylic acids is 1. The molecule has 14 heteroatoms. The molecule has 2 aliphatic rings. The molecule has 1 spiro atoms. The molecule has 0 aliphatic carbocycles. The van der Waals surface area contributed by atoms with Crippen LogP contribution in [0.5, 0.6) is 0 Å². The van der Waals surface area contributed by atoms with Gasteiger partial charge in [0.25, 0.3) is 5.91 Å². The molecular weight excluding hydrogens is 569 g/mol. The van der Waals surface area contributed by atoms with E-state index in [1.165, 1.54) is 37.4 Å². The third-order valence-corrected chi connectivity index (χ3v) is 7.41.